The lowest BCUT2D eigenvalue weighted by Gasteiger charge is -2.23. The molecule has 1 heterocycles. The molecule has 1 aliphatic heterocycles. The zero-order valence-corrected chi connectivity index (χ0v) is 8.83. The predicted molar refractivity (Wildman–Crippen MR) is 55.0 cm³/mol. The molecule has 1 amide bonds. The molecule has 1 aliphatic rings. The highest BCUT2D eigenvalue weighted by Gasteiger charge is 2.27. The van der Waals surface area contributed by atoms with Gasteiger partial charge in [-0.2, -0.15) is 0 Å². The van der Waals surface area contributed by atoms with E-state index in [1.54, 1.807) is 4.90 Å². The van der Waals surface area contributed by atoms with E-state index in [1.807, 2.05) is 0 Å². The first-order valence-electron chi connectivity index (χ1n) is 5.40. The lowest BCUT2D eigenvalue weighted by Crippen LogP contribution is -2.42. The van der Waals surface area contributed by atoms with E-state index in [1.165, 1.54) is 0 Å². The van der Waals surface area contributed by atoms with Crippen molar-refractivity contribution in [1.82, 2.24) is 10.2 Å². The largest absolute Gasteiger partial charge is 0.394 e. The maximum Gasteiger partial charge on any atom is 0.236 e. The van der Waals surface area contributed by atoms with Gasteiger partial charge in [0, 0.05) is 6.54 Å². The number of hydrogen-bond acceptors (Lipinski definition) is 3. The summed E-state index contributed by atoms with van der Waals surface area (Å²) in [6, 6.07) is 0.0610. The van der Waals surface area contributed by atoms with Crippen molar-refractivity contribution in [3.05, 3.63) is 0 Å². The Balaban J connectivity index is 2.28. The molecular weight excluding hydrogens is 180 g/mol. The quantitative estimate of drug-likeness (QED) is 0.613. The monoisotopic (exact) mass is 200 g/mol. The second-order valence-corrected chi connectivity index (χ2v) is 3.74. The molecule has 4 nitrogen and oxygen atoms in total. The Kier molecular flexibility index (Phi) is 4.90. The number of rotatable bonds is 5. The molecule has 0 bridgehead atoms. The third-order valence-corrected chi connectivity index (χ3v) is 2.61. The van der Waals surface area contributed by atoms with Crippen LogP contribution in [0.15, 0.2) is 0 Å². The van der Waals surface area contributed by atoms with E-state index in [0.29, 0.717) is 6.54 Å². The number of amides is 1. The molecule has 14 heavy (non-hydrogen) atoms. The molecule has 1 fully saturated rings. The first-order chi connectivity index (χ1) is 6.79. The molecule has 0 aromatic carbocycles. The summed E-state index contributed by atoms with van der Waals surface area (Å²) in [5, 5.41) is 12.1. The van der Waals surface area contributed by atoms with Gasteiger partial charge >= 0.3 is 0 Å². The Labute approximate surface area is 85.3 Å². The minimum absolute atomic E-state index is 0.0610. The maximum absolute atomic E-state index is 11.6. The molecule has 82 valence electrons. The molecule has 0 saturated carbocycles. The molecule has 0 aromatic heterocycles. The Morgan fingerprint density at radius 2 is 2.43 bits per heavy atom. The molecule has 0 radical (unpaired) electrons. The highest BCUT2D eigenvalue weighted by atomic mass is 16.3. The van der Waals surface area contributed by atoms with Crippen molar-refractivity contribution in [2.24, 2.45) is 0 Å². The van der Waals surface area contributed by atoms with Gasteiger partial charge in [0.1, 0.15) is 0 Å². The highest BCUT2D eigenvalue weighted by Crippen LogP contribution is 2.16. The van der Waals surface area contributed by atoms with Crippen LogP contribution in [-0.2, 0) is 4.79 Å². The molecule has 1 rings (SSSR count). The first kappa shape index (κ1) is 11.5. The van der Waals surface area contributed by atoms with Crippen LogP contribution in [0.25, 0.3) is 0 Å². The van der Waals surface area contributed by atoms with Crippen LogP contribution in [0.3, 0.4) is 0 Å². The van der Waals surface area contributed by atoms with Gasteiger partial charge in [0.15, 0.2) is 0 Å². The maximum atomic E-state index is 11.6. The Morgan fingerprint density at radius 3 is 3.07 bits per heavy atom. The van der Waals surface area contributed by atoms with E-state index in [-0.39, 0.29) is 18.6 Å². The van der Waals surface area contributed by atoms with Gasteiger partial charge in [-0.1, -0.05) is 6.92 Å². The van der Waals surface area contributed by atoms with E-state index in [9.17, 15) is 4.79 Å². The minimum Gasteiger partial charge on any atom is -0.394 e. The van der Waals surface area contributed by atoms with Crippen LogP contribution < -0.4 is 5.32 Å². The van der Waals surface area contributed by atoms with Crippen molar-refractivity contribution in [1.29, 1.82) is 0 Å². The molecule has 1 atom stereocenters. The van der Waals surface area contributed by atoms with Gasteiger partial charge in [-0.05, 0) is 25.8 Å². The summed E-state index contributed by atoms with van der Waals surface area (Å²) in [6.07, 6.45) is 3.00. The predicted octanol–water partition coefficient (Wildman–Crippen LogP) is -0.0307. The van der Waals surface area contributed by atoms with Gasteiger partial charge in [-0.25, -0.2) is 0 Å². The second-order valence-electron chi connectivity index (χ2n) is 3.74. The Morgan fingerprint density at radius 1 is 1.64 bits per heavy atom. The second kappa shape index (κ2) is 5.98. The molecule has 0 spiro atoms. The van der Waals surface area contributed by atoms with Gasteiger partial charge in [0.05, 0.1) is 19.2 Å². The van der Waals surface area contributed by atoms with Crippen molar-refractivity contribution in [3.8, 4) is 0 Å². The van der Waals surface area contributed by atoms with Gasteiger partial charge < -0.3 is 15.3 Å². The van der Waals surface area contributed by atoms with Crippen molar-refractivity contribution >= 4 is 5.91 Å². The van der Waals surface area contributed by atoms with Crippen LogP contribution in [0.4, 0.5) is 0 Å². The third-order valence-electron chi connectivity index (χ3n) is 2.61. The van der Waals surface area contributed by atoms with Crippen LogP contribution in [-0.4, -0.2) is 48.2 Å². The number of carbonyl (C=O) groups is 1. The topological polar surface area (TPSA) is 52.6 Å². The number of carbonyl (C=O) groups excluding carboxylic acids is 1. The Hall–Kier alpha value is -0.610. The molecular formula is C10H20N2O2. The van der Waals surface area contributed by atoms with E-state index in [4.69, 9.17) is 5.11 Å². The van der Waals surface area contributed by atoms with E-state index < -0.39 is 0 Å². The molecule has 2 N–H and O–H groups in total. The number of nitrogens with one attached hydrogen (secondary N) is 1. The fourth-order valence-corrected chi connectivity index (χ4v) is 1.83. The molecule has 4 heteroatoms. The average Bonchev–Trinajstić information content (AvgIpc) is 2.65. The summed E-state index contributed by atoms with van der Waals surface area (Å²) in [5.74, 6) is 0.120. The number of aliphatic hydroxyl groups excluding tert-OH is 1. The third kappa shape index (κ3) is 2.96. The highest BCUT2D eigenvalue weighted by molar-refractivity contribution is 5.78. The van der Waals surface area contributed by atoms with Gasteiger partial charge in [0.25, 0.3) is 0 Å². The van der Waals surface area contributed by atoms with E-state index in [2.05, 4.69) is 12.2 Å². The zero-order chi connectivity index (χ0) is 10.4. The fraction of sp³-hybridized carbons (Fsp3) is 0.900. The number of hydrogen-bond donors (Lipinski definition) is 2. The van der Waals surface area contributed by atoms with Crippen LogP contribution in [0, 0.1) is 0 Å². The summed E-state index contributed by atoms with van der Waals surface area (Å²) in [5.41, 5.74) is 0. The summed E-state index contributed by atoms with van der Waals surface area (Å²) >= 11 is 0. The van der Waals surface area contributed by atoms with Crippen molar-refractivity contribution in [2.45, 2.75) is 32.2 Å². The van der Waals surface area contributed by atoms with Crippen molar-refractivity contribution < 1.29 is 9.90 Å². The SMILES string of the molecule is CCCNCC(=O)N1CCC[C@H]1CO. The van der Waals surface area contributed by atoms with E-state index >= 15 is 0 Å². The molecule has 1 saturated heterocycles. The summed E-state index contributed by atoms with van der Waals surface area (Å²) in [7, 11) is 0. The lowest BCUT2D eigenvalue weighted by atomic mass is 10.2. The van der Waals surface area contributed by atoms with Gasteiger partial charge in [0.2, 0.25) is 5.91 Å². The number of nitrogens with zero attached hydrogens (tertiary/aromatic N) is 1. The molecule has 0 aliphatic carbocycles. The first-order valence-corrected chi connectivity index (χ1v) is 5.40. The molecule has 0 aromatic rings. The Bertz CT molecular complexity index is 185. The minimum atomic E-state index is 0.0610. The van der Waals surface area contributed by atoms with Crippen LogP contribution in [0.2, 0.25) is 0 Å². The fourth-order valence-electron chi connectivity index (χ4n) is 1.83. The standard InChI is InChI=1S/C10H20N2O2/c1-2-5-11-7-10(14)12-6-3-4-9(12)8-13/h9,11,13H,2-8H2,1H3/t9-/m0/s1. The summed E-state index contributed by atoms with van der Waals surface area (Å²) in [4.78, 5) is 13.4. The van der Waals surface area contributed by atoms with Crippen LogP contribution in [0.5, 0.6) is 0 Å². The smallest absolute Gasteiger partial charge is 0.236 e. The van der Waals surface area contributed by atoms with Crippen molar-refractivity contribution in [2.75, 3.05) is 26.2 Å². The normalized spacial score (nSPS) is 21.6. The van der Waals surface area contributed by atoms with Crippen LogP contribution >= 0.6 is 0 Å². The summed E-state index contributed by atoms with van der Waals surface area (Å²) in [6.45, 7) is 4.26. The number of aliphatic hydroxyl groups is 1. The molecule has 0 unspecified atom stereocenters. The van der Waals surface area contributed by atoms with Gasteiger partial charge in [-0.3, -0.25) is 4.79 Å². The zero-order valence-electron chi connectivity index (χ0n) is 8.83. The average molecular weight is 200 g/mol. The number of likely N-dealkylation sites (tertiary alicyclic amines) is 1. The van der Waals surface area contributed by atoms with Crippen molar-refractivity contribution in [3.63, 3.8) is 0 Å². The summed E-state index contributed by atoms with van der Waals surface area (Å²) < 4.78 is 0. The lowest BCUT2D eigenvalue weighted by molar-refractivity contribution is -0.131. The van der Waals surface area contributed by atoms with E-state index in [0.717, 1.165) is 32.4 Å². The van der Waals surface area contributed by atoms with Crippen LogP contribution in [0.1, 0.15) is 26.2 Å². The van der Waals surface area contributed by atoms with Gasteiger partial charge in [-0.15, -0.1) is 0 Å².